The van der Waals surface area contributed by atoms with Gasteiger partial charge in [0.05, 0.1) is 38.2 Å². The van der Waals surface area contributed by atoms with Crippen molar-refractivity contribution < 1.29 is 22.4 Å². The normalized spacial score (nSPS) is 17.2. The topological polar surface area (TPSA) is 51.0 Å². The Hall–Kier alpha value is -1.96. The Morgan fingerprint density at radius 3 is 2.34 bits per heavy atom. The number of benzene rings is 2. The molecule has 1 N–H and O–H groups in total. The van der Waals surface area contributed by atoms with Gasteiger partial charge in [0.1, 0.15) is 6.54 Å². The number of piperazine rings is 1. The highest BCUT2D eigenvalue weighted by Gasteiger charge is 2.30. The Morgan fingerprint density at radius 1 is 1.14 bits per heavy atom. The average molecular weight is 422 g/mol. The maximum Gasteiger partial charge on any atom is 0.243 e. The Kier molecular flexibility index (Phi) is 6.93. The van der Waals surface area contributed by atoms with Crippen molar-refractivity contribution in [1.82, 2.24) is 4.31 Å². The Labute approximate surface area is 173 Å². The van der Waals surface area contributed by atoms with Crippen LogP contribution in [0, 0.1) is 5.82 Å². The SMILES string of the molecule is CC[C@@H](C)c1ccc(S(=O)(=O)N2CC[NH+](Cc3ccc(OC)c(F)c3)CC2)cc1. The van der Waals surface area contributed by atoms with Crippen LogP contribution in [0.15, 0.2) is 47.4 Å². The van der Waals surface area contributed by atoms with Crippen molar-refractivity contribution in [3.8, 4) is 5.75 Å². The Balaban J connectivity index is 1.61. The van der Waals surface area contributed by atoms with Crippen molar-refractivity contribution in [3.63, 3.8) is 0 Å². The van der Waals surface area contributed by atoms with Crippen LogP contribution >= 0.6 is 0 Å². The lowest BCUT2D eigenvalue weighted by Crippen LogP contribution is -3.13. The largest absolute Gasteiger partial charge is 0.494 e. The van der Waals surface area contributed by atoms with E-state index in [0.29, 0.717) is 43.5 Å². The summed E-state index contributed by atoms with van der Waals surface area (Å²) in [6.07, 6.45) is 1.02. The van der Waals surface area contributed by atoms with Gasteiger partial charge in [-0.3, -0.25) is 0 Å². The zero-order chi connectivity index (χ0) is 21.0. The molecule has 1 saturated heterocycles. The summed E-state index contributed by atoms with van der Waals surface area (Å²) in [6, 6.07) is 12.3. The standard InChI is InChI=1S/C22H29FN2O3S/c1-4-17(2)19-6-8-20(9-7-19)29(26,27)25-13-11-24(12-14-25)16-18-5-10-22(28-3)21(23)15-18/h5-10,15,17H,4,11-14,16H2,1-3H3/p+1/t17-/m1/s1. The second-order valence-corrected chi connectivity index (χ2v) is 9.62. The minimum atomic E-state index is -3.48. The summed E-state index contributed by atoms with van der Waals surface area (Å²) in [5.41, 5.74) is 2.04. The molecular weight excluding hydrogens is 391 g/mol. The lowest BCUT2D eigenvalue weighted by atomic mass is 9.99. The van der Waals surface area contributed by atoms with E-state index in [-0.39, 0.29) is 11.6 Å². The molecule has 158 valence electrons. The maximum absolute atomic E-state index is 13.9. The number of halogens is 1. The van der Waals surface area contributed by atoms with E-state index in [2.05, 4.69) is 13.8 Å². The van der Waals surface area contributed by atoms with Crippen LogP contribution in [0.1, 0.15) is 37.3 Å². The fraction of sp³-hybridized carbons (Fsp3) is 0.455. The third-order valence-electron chi connectivity index (χ3n) is 5.80. The highest BCUT2D eigenvalue weighted by atomic mass is 32.2. The van der Waals surface area contributed by atoms with Gasteiger partial charge in [-0.1, -0.05) is 26.0 Å². The smallest absolute Gasteiger partial charge is 0.243 e. The molecular formula is C22H30FN2O3S+. The molecule has 1 fully saturated rings. The third kappa shape index (κ3) is 4.97. The van der Waals surface area contributed by atoms with Crippen LogP contribution in [0.2, 0.25) is 0 Å². The molecule has 7 heteroatoms. The molecule has 0 radical (unpaired) electrons. The second kappa shape index (κ2) is 9.24. The average Bonchev–Trinajstić information content (AvgIpc) is 2.74. The second-order valence-electron chi connectivity index (χ2n) is 7.68. The minimum absolute atomic E-state index is 0.235. The highest BCUT2D eigenvalue weighted by Crippen LogP contribution is 2.22. The van der Waals surface area contributed by atoms with Gasteiger partial charge >= 0.3 is 0 Å². The van der Waals surface area contributed by atoms with Crippen LogP contribution in [0.3, 0.4) is 0 Å². The van der Waals surface area contributed by atoms with Gasteiger partial charge in [-0.15, -0.1) is 0 Å². The number of hydrogen-bond donors (Lipinski definition) is 1. The molecule has 2 aromatic carbocycles. The predicted octanol–water partition coefficient (Wildman–Crippen LogP) is 2.44. The number of ether oxygens (including phenoxy) is 1. The fourth-order valence-corrected chi connectivity index (χ4v) is 5.12. The molecule has 0 saturated carbocycles. The summed E-state index contributed by atoms with van der Waals surface area (Å²) < 4.78 is 46.3. The quantitative estimate of drug-likeness (QED) is 0.747. The van der Waals surface area contributed by atoms with E-state index in [1.54, 1.807) is 22.5 Å². The van der Waals surface area contributed by atoms with Gasteiger partial charge in [0.2, 0.25) is 10.0 Å². The summed E-state index contributed by atoms with van der Waals surface area (Å²) in [6.45, 7) is 7.23. The molecule has 1 aliphatic heterocycles. The molecule has 0 aromatic heterocycles. The number of nitrogens with zero attached hydrogens (tertiary/aromatic N) is 1. The van der Waals surface area contributed by atoms with Gasteiger partial charge in [0, 0.05) is 5.56 Å². The first-order valence-corrected chi connectivity index (χ1v) is 11.5. The van der Waals surface area contributed by atoms with Crippen molar-refractivity contribution in [2.75, 3.05) is 33.3 Å². The molecule has 0 aliphatic carbocycles. The molecule has 1 heterocycles. The summed E-state index contributed by atoms with van der Waals surface area (Å²) in [5.74, 6) is 0.284. The van der Waals surface area contributed by atoms with E-state index in [1.807, 2.05) is 18.2 Å². The first-order valence-electron chi connectivity index (χ1n) is 10.1. The molecule has 2 aromatic rings. The molecule has 0 unspecified atom stereocenters. The van der Waals surface area contributed by atoms with Crippen LogP contribution in [-0.2, 0) is 16.6 Å². The van der Waals surface area contributed by atoms with Crippen LogP contribution < -0.4 is 9.64 Å². The predicted molar refractivity (Wildman–Crippen MR) is 111 cm³/mol. The van der Waals surface area contributed by atoms with E-state index in [0.717, 1.165) is 17.5 Å². The molecule has 0 bridgehead atoms. The molecule has 29 heavy (non-hydrogen) atoms. The fourth-order valence-electron chi connectivity index (χ4n) is 3.68. The Morgan fingerprint density at radius 2 is 1.79 bits per heavy atom. The van der Waals surface area contributed by atoms with Crippen LogP contribution in [-0.4, -0.2) is 46.0 Å². The van der Waals surface area contributed by atoms with Crippen LogP contribution in [0.5, 0.6) is 5.75 Å². The lowest BCUT2D eigenvalue weighted by molar-refractivity contribution is -0.917. The van der Waals surface area contributed by atoms with Crippen LogP contribution in [0.4, 0.5) is 4.39 Å². The van der Waals surface area contributed by atoms with Gasteiger partial charge in [0.25, 0.3) is 0 Å². The first-order chi connectivity index (χ1) is 13.8. The summed E-state index contributed by atoms with van der Waals surface area (Å²) in [4.78, 5) is 1.60. The third-order valence-corrected chi connectivity index (χ3v) is 7.71. The molecule has 1 aliphatic rings. The molecule has 3 rings (SSSR count). The van der Waals surface area contributed by atoms with Gasteiger partial charge in [0.15, 0.2) is 11.6 Å². The summed E-state index contributed by atoms with van der Waals surface area (Å²) >= 11 is 0. The van der Waals surface area contributed by atoms with Crippen molar-refractivity contribution in [2.45, 2.75) is 37.6 Å². The number of sulfonamides is 1. The van der Waals surface area contributed by atoms with E-state index in [1.165, 1.54) is 18.1 Å². The minimum Gasteiger partial charge on any atom is -0.494 e. The maximum atomic E-state index is 13.9. The highest BCUT2D eigenvalue weighted by molar-refractivity contribution is 7.89. The van der Waals surface area contributed by atoms with Crippen molar-refractivity contribution in [1.29, 1.82) is 0 Å². The van der Waals surface area contributed by atoms with E-state index in [9.17, 15) is 12.8 Å². The van der Waals surface area contributed by atoms with Gasteiger partial charge in [-0.25, -0.2) is 12.8 Å². The summed E-state index contributed by atoms with van der Waals surface area (Å²) in [7, 11) is -2.03. The first kappa shape index (κ1) is 21.7. The molecule has 5 nitrogen and oxygen atoms in total. The monoisotopic (exact) mass is 421 g/mol. The number of methoxy groups -OCH3 is 1. The van der Waals surface area contributed by atoms with Crippen molar-refractivity contribution >= 4 is 10.0 Å². The van der Waals surface area contributed by atoms with E-state index >= 15 is 0 Å². The number of nitrogens with one attached hydrogen (secondary N) is 1. The summed E-state index contributed by atoms with van der Waals surface area (Å²) in [5, 5.41) is 0. The van der Waals surface area contributed by atoms with Crippen molar-refractivity contribution in [3.05, 3.63) is 59.4 Å². The zero-order valence-electron chi connectivity index (χ0n) is 17.3. The zero-order valence-corrected chi connectivity index (χ0v) is 18.1. The molecule has 1 atom stereocenters. The van der Waals surface area contributed by atoms with Crippen LogP contribution in [0.25, 0.3) is 0 Å². The molecule has 0 amide bonds. The van der Waals surface area contributed by atoms with Gasteiger partial charge in [-0.2, -0.15) is 4.31 Å². The number of hydrogen-bond acceptors (Lipinski definition) is 3. The Bertz CT molecular complexity index is 924. The van der Waals surface area contributed by atoms with Gasteiger partial charge in [-0.05, 0) is 48.2 Å². The van der Waals surface area contributed by atoms with E-state index < -0.39 is 10.0 Å². The number of quaternary nitrogens is 1. The molecule has 0 spiro atoms. The van der Waals surface area contributed by atoms with E-state index in [4.69, 9.17) is 4.74 Å². The lowest BCUT2D eigenvalue weighted by Gasteiger charge is -2.31. The number of rotatable bonds is 7. The van der Waals surface area contributed by atoms with Gasteiger partial charge < -0.3 is 9.64 Å². The van der Waals surface area contributed by atoms with Crippen molar-refractivity contribution in [2.24, 2.45) is 0 Å².